The van der Waals surface area contributed by atoms with E-state index in [0.717, 1.165) is 35.7 Å². The molecule has 1 aliphatic heterocycles. The SMILES string of the molecule is COc1ccc(C(=O)NCCn2ncc3c(N4CCOCC4)nc(SC)nc32)cc1. The fourth-order valence-corrected chi connectivity index (χ4v) is 3.67. The Labute approximate surface area is 178 Å². The highest BCUT2D eigenvalue weighted by atomic mass is 32.2. The molecule has 0 spiro atoms. The summed E-state index contributed by atoms with van der Waals surface area (Å²) < 4.78 is 12.4. The van der Waals surface area contributed by atoms with Crippen molar-refractivity contribution < 1.29 is 14.3 Å². The third kappa shape index (κ3) is 4.34. The Morgan fingerprint density at radius 3 is 2.70 bits per heavy atom. The minimum Gasteiger partial charge on any atom is -0.497 e. The van der Waals surface area contributed by atoms with E-state index < -0.39 is 0 Å². The minimum atomic E-state index is -0.137. The van der Waals surface area contributed by atoms with Crippen LogP contribution in [0, 0.1) is 0 Å². The summed E-state index contributed by atoms with van der Waals surface area (Å²) in [7, 11) is 1.60. The van der Waals surface area contributed by atoms with Crippen molar-refractivity contribution in [2.24, 2.45) is 0 Å². The molecular formula is C20H24N6O3S. The fourth-order valence-electron chi connectivity index (χ4n) is 3.31. The molecule has 1 N–H and O–H groups in total. The molecule has 2 aromatic heterocycles. The number of hydrogen-bond acceptors (Lipinski definition) is 8. The molecule has 158 valence electrons. The summed E-state index contributed by atoms with van der Waals surface area (Å²) in [6.07, 6.45) is 3.76. The van der Waals surface area contributed by atoms with Crippen LogP contribution in [0.3, 0.4) is 0 Å². The molecule has 9 nitrogen and oxygen atoms in total. The lowest BCUT2D eigenvalue weighted by Gasteiger charge is -2.28. The van der Waals surface area contributed by atoms with Crippen molar-refractivity contribution in [2.45, 2.75) is 11.7 Å². The molecule has 1 aliphatic rings. The molecule has 4 rings (SSSR count). The molecule has 1 amide bonds. The third-order valence-corrected chi connectivity index (χ3v) is 5.46. The fraction of sp³-hybridized carbons (Fsp3) is 0.400. The van der Waals surface area contributed by atoms with E-state index in [1.165, 1.54) is 11.8 Å². The summed E-state index contributed by atoms with van der Waals surface area (Å²) in [6, 6.07) is 7.02. The molecule has 0 unspecified atom stereocenters. The zero-order valence-electron chi connectivity index (χ0n) is 17.0. The second-order valence-electron chi connectivity index (χ2n) is 6.72. The number of amides is 1. The molecule has 10 heteroatoms. The first-order valence-corrected chi connectivity index (χ1v) is 10.9. The van der Waals surface area contributed by atoms with Crippen LogP contribution < -0.4 is 15.0 Å². The number of thioether (sulfide) groups is 1. The van der Waals surface area contributed by atoms with Crippen LogP contribution in [0.5, 0.6) is 5.75 Å². The standard InChI is InChI=1S/C20H24N6O3S/c1-28-15-5-3-14(4-6-15)19(27)21-7-8-26-18-16(13-22-26)17(23-20(24-18)30-2)25-9-11-29-12-10-25/h3-6,13H,7-12H2,1-2H3,(H,21,27). The number of ether oxygens (including phenoxy) is 2. The summed E-state index contributed by atoms with van der Waals surface area (Å²) in [5, 5.41) is 9.04. The van der Waals surface area contributed by atoms with Gasteiger partial charge in [0.05, 0.1) is 38.5 Å². The second-order valence-corrected chi connectivity index (χ2v) is 7.50. The number of hydrogen-bond donors (Lipinski definition) is 1. The molecule has 0 radical (unpaired) electrons. The van der Waals surface area contributed by atoms with Crippen LogP contribution in [0.25, 0.3) is 11.0 Å². The third-order valence-electron chi connectivity index (χ3n) is 4.91. The lowest BCUT2D eigenvalue weighted by atomic mass is 10.2. The Morgan fingerprint density at radius 1 is 1.23 bits per heavy atom. The molecule has 3 heterocycles. The van der Waals surface area contributed by atoms with Gasteiger partial charge in [0.2, 0.25) is 0 Å². The quantitative estimate of drug-likeness (QED) is 0.450. The summed E-state index contributed by atoms with van der Waals surface area (Å²) in [6.45, 7) is 3.91. The zero-order valence-corrected chi connectivity index (χ0v) is 17.8. The smallest absolute Gasteiger partial charge is 0.251 e. The zero-order chi connectivity index (χ0) is 20.9. The number of nitrogens with one attached hydrogen (secondary N) is 1. The number of rotatable bonds is 7. The highest BCUT2D eigenvalue weighted by molar-refractivity contribution is 7.98. The van der Waals surface area contributed by atoms with E-state index in [-0.39, 0.29) is 5.91 Å². The van der Waals surface area contributed by atoms with Gasteiger partial charge in [-0.15, -0.1) is 0 Å². The predicted molar refractivity (Wildman–Crippen MR) is 115 cm³/mol. The number of aromatic nitrogens is 4. The topological polar surface area (TPSA) is 94.4 Å². The van der Waals surface area contributed by atoms with Gasteiger partial charge < -0.3 is 19.7 Å². The van der Waals surface area contributed by atoms with Crippen LogP contribution in [0.15, 0.2) is 35.6 Å². The first kappa shape index (κ1) is 20.4. The molecule has 1 fully saturated rings. The monoisotopic (exact) mass is 428 g/mol. The summed E-state index contributed by atoms with van der Waals surface area (Å²) in [5.74, 6) is 1.47. The Kier molecular flexibility index (Phi) is 6.34. The first-order valence-electron chi connectivity index (χ1n) is 9.72. The number of carbonyl (C=O) groups excluding carboxylic acids is 1. The van der Waals surface area contributed by atoms with E-state index in [2.05, 4.69) is 20.3 Å². The van der Waals surface area contributed by atoms with E-state index in [1.54, 1.807) is 37.6 Å². The second kappa shape index (κ2) is 9.31. The molecule has 1 saturated heterocycles. The molecule has 0 saturated carbocycles. The number of methoxy groups -OCH3 is 1. The van der Waals surface area contributed by atoms with Gasteiger partial charge in [0.25, 0.3) is 5.91 Å². The van der Waals surface area contributed by atoms with E-state index >= 15 is 0 Å². The van der Waals surface area contributed by atoms with Gasteiger partial charge in [0.15, 0.2) is 10.8 Å². The van der Waals surface area contributed by atoms with E-state index in [9.17, 15) is 4.79 Å². The molecule has 30 heavy (non-hydrogen) atoms. The molecule has 3 aromatic rings. The Balaban J connectivity index is 1.48. The number of nitrogens with zero attached hydrogens (tertiary/aromatic N) is 5. The molecule has 1 aromatic carbocycles. The maximum atomic E-state index is 12.4. The van der Waals surface area contributed by atoms with Crippen LogP contribution in [-0.2, 0) is 11.3 Å². The van der Waals surface area contributed by atoms with Gasteiger partial charge in [-0.1, -0.05) is 11.8 Å². The summed E-state index contributed by atoms with van der Waals surface area (Å²) in [5.41, 5.74) is 1.36. The Morgan fingerprint density at radius 2 is 2.00 bits per heavy atom. The number of morpholine rings is 1. The predicted octanol–water partition coefficient (Wildman–Crippen LogP) is 1.82. The van der Waals surface area contributed by atoms with Crippen molar-refractivity contribution in [2.75, 3.05) is 51.1 Å². The van der Waals surface area contributed by atoms with Crippen LogP contribution in [0.2, 0.25) is 0 Å². The molecule has 0 aliphatic carbocycles. The number of anilines is 1. The van der Waals surface area contributed by atoms with Crippen molar-refractivity contribution in [3.63, 3.8) is 0 Å². The van der Waals surface area contributed by atoms with Crippen LogP contribution >= 0.6 is 11.8 Å². The normalized spacial score (nSPS) is 14.1. The largest absolute Gasteiger partial charge is 0.497 e. The maximum Gasteiger partial charge on any atom is 0.251 e. The lowest BCUT2D eigenvalue weighted by molar-refractivity contribution is 0.0952. The van der Waals surface area contributed by atoms with Crippen molar-refractivity contribution in [1.29, 1.82) is 0 Å². The highest BCUT2D eigenvalue weighted by Gasteiger charge is 2.20. The summed E-state index contributed by atoms with van der Waals surface area (Å²) >= 11 is 1.50. The van der Waals surface area contributed by atoms with Crippen molar-refractivity contribution in [1.82, 2.24) is 25.1 Å². The number of carbonyl (C=O) groups is 1. The highest BCUT2D eigenvalue weighted by Crippen LogP contribution is 2.27. The number of fused-ring (bicyclic) bond motifs is 1. The maximum absolute atomic E-state index is 12.4. The van der Waals surface area contributed by atoms with Crippen LogP contribution in [0.1, 0.15) is 10.4 Å². The van der Waals surface area contributed by atoms with Gasteiger partial charge in [-0.2, -0.15) is 5.10 Å². The van der Waals surface area contributed by atoms with Crippen LogP contribution in [-0.4, -0.2) is 71.9 Å². The Bertz CT molecular complexity index is 1020. The van der Waals surface area contributed by atoms with E-state index in [1.807, 2.05) is 10.9 Å². The molecule has 0 atom stereocenters. The van der Waals surface area contributed by atoms with Gasteiger partial charge in [-0.3, -0.25) is 4.79 Å². The average molecular weight is 429 g/mol. The summed E-state index contributed by atoms with van der Waals surface area (Å²) in [4.78, 5) is 23.9. The van der Waals surface area contributed by atoms with Gasteiger partial charge in [-0.25, -0.2) is 14.6 Å². The average Bonchev–Trinajstić information content (AvgIpc) is 3.21. The Hall–Kier alpha value is -2.85. The lowest BCUT2D eigenvalue weighted by Crippen LogP contribution is -2.37. The molecule has 0 bridgehead atoms. The first-order chi connectivity index (χ1) is 14.7. The van der Waals surface area contributed by atoms with Gasteiger partial charge in [-0.05, 0) is 30.5 Å². The minimum absolute atomic E-state index is 0.137. The van der Waals surface area contributed by atoms with Gasteiger partial charge in [0.1, 0.15) is 11.6 Å². The van der Waals surface area contributed by atoms with E-state index in [0.29, 0.717) is 37.0 Å². The van der Waals surface area contributed by atoms with Crippen molar-refractivity contribution in [3.05, 3.63) is 36.0 Å². The van der Waals surface area contributed by atoms with Gasteiger partial charge in [0, 0.05) is 25.2 Å². The van der Waals surface area contributed by atoms with Crippen molar-refractivity contribution in [3.8, 4) is 5.75 Å². The van der Waals surface area contributed by atoms with Crippen molar-refractivity contribution >= 4 is 34.5 Å². The van der Waals surface area contributed by atoms with E-state index in [4.69, 9.17) is 14.5 Å². The van der Waals surface area contributed by atoms with Gasteiger partial charge >= 0.3 is 0 Å². The van der Waals surface area contributed by atoms with Crippen LogP contribution in [0.4, 0.5) is 5.82 Å². The molecular weight excluding hydrogens is 404 g/mol. The number of benzene rings is 1.